The van der Waals surface area contributed by atoms with Crippen LogP contribution in [0.3, 0.4) is 0 Å². The first-order valence-electron chi connectivity index (χ1n) is 6.81. The van der Waals surface area contributed by atoms with Gasteiger partial charge in [-0.3, -0.25) is 0 Å². The van der Waals surface area contributed by atoms with Crippen LogP contribution in [0.2, 0.25) is 0 Å². The summed E-state index contributed by atoms with van der Waals surface area (Å²) in [7, 11) is 0. The average molecular weight is 312 g/mol. The Hall–Kier alpha value is -2.04. The molecule has 22 heavy (non-hydrogen) atoms. The minimum absolute atomic E-state index is 0.0524. The second kappa shape index (κ2) is 5.00. The summed E-state index contributed by atoms with van der Waals surface area (Å²) < 4.78 is 21.4. The fourth-order valence-electron chi connectivity index (χ4n) is 2.73. The van der Waals surface area contributed by atoms with Gasteiger partial charge in [0, 0.05) is 0 Å². The Morgan fingerprint density at radius 1 is 1.50 bits per heavy atom. The average Bonchev–Trinajstić information content (AvgIpc) is 3.01. The molecule has 120 valence electrons. The number of nitrogen functional groups attached to an aromatic ring is 2. The number of ether oxygens (including phenoxy) is 1. The Balaban J connectivity index is 2.09. The number of aliphatic hydroxyl groups excluding tert-OH is 2. The van der Waals surface area contributed by atoms with Crippen molar-refractivity contribution in [3.8, 4) is 0 Å². The molecule has 0 saturated carbocycles. The number of anilines is 2. The summed E-state index contributed by atoms with van der Waals surface area (Å²) in [5.74, 6) is -0.0428. The van der Waals surface area contributed by atoms with E-state index in [1.54, 1.807) is 6.92 Å². The number of halogens is 1. The summed E-state index contributed by atoms with van der Waals surface area (Å²) in [5.41, 5.74) is 10.3. The van der Waals surface area contributed by atoms with E-state index in [1.807, 2.05) is 0 Å². The minimum atomic E-state index is -1.75. The van der Waals surface area contributed by atoms with E-state index >= 15 is 0 Å². The minimum Gasteiger partial charge on any atom is -0.393 e. The molecule has 6 N–H and O–H groups in total. The van der Waals surface area contributed by atoms with Gasteiger partial charge in [0.05, 0.1) is 18.5 Å². The highest BCUT2D eigenvalue weighted by atomic mass is 19.1. The first-order chi connectivity index (χ1) is 10.4. The van der Waals surface area contributed by atoms with Crippen LogP contribution in [-0.2, 0) is 4.74 Å². The molecular formula is C12H17FN6O3. The van der Waals surface area contributed by atoms with Crippen LogP contribution in [0.25, 0.3) is 5.65 Å². The number of rotatable bonds is 3. The fourth-order valence-corrected chi connectivity index (χ4v) is 2.73. The van der Waals surface area contributed by atoms with Crippen molar-refractivity contribution in [2.24, 2.45) is 0 Å². The molecule has 9 nitrogen and oxygen atoms in total. The fraction of sp³-hybridized carbons (Fsp3) is 0.583. The van der Waals surface area contributed by atoms with Crippen molar-refractivity contribution < 1.29 is 19.3 Å². The van der Waals surface area contributed by atoms with Crippen LogP contribution in [0.4, 0.5) is 16.2 Å². The molecule has 1 saturated heterocycles. The Labute approximate surface area is 124 Å². The summed E-state index contributed by atoms with van der Waals surface area (Å²) in [5, 5.41) is 23.5. The van der Waals surface area contributed by atoms with Gasteiger partial charge in [-0.15, -0.1) is 5.10 Å². The third-order valence-corrected chi connectivity index (χ3v) is 4.08. The monoisotopic (exact) mass is 312 g/mol. The van der Waals surface area contributed by atoms with Crippen LogP contribution >= 0.6 is 0 Å². The van der Waals surface area contributed by atoms with Gasteiger partial charge in [-0.1, -0.05) is 6.92 Å². The highest BCUT2D eigenvalue weighted by Crippen LogP contribution is 2.43. The van der Waals surface area contributed by atoms with E-state index in [0.717, 1.165) is 0 Å². The van der Waals surface area contributed by atoms with Gasteiger partial charge in [0.15, 0.2) is 17.6 Å². The van der Waals surface area contributed by atoms with Crippen LogP contribution in [0, 0.1) is 0 Å². The highest BCUT2D eigenvalue weighted by Gasteiger charge is 2.55. The zero-order valence-corrected chi connectivity index (χ0v) is 11.8. The third-order valence-electron chi connectivity index (χ3n) is 4.08. The Morgan fingerprint density at radius 2 is 2.23 bits per heavy atom. The molecule has 0 aromatic carbocycles. The molecular weight excluding hydrogens is 295 g/mol. The van der Waals surface area contributed by atoms with E-state index in [4.69, 9.17) is 16.2 Å². The number of aromatic nitrogens is 4. The number of imidazole rings is 1. The molecule has 0 aliphatic carbocycles. The molecule has 0 unspecified atom stereocenters. The normalized spacial score (nSPS) is 31.9. The Kier molecular flexibility index (Phi) is 3.38. The zero-order valence-electron chi connectivity index (χ0n) is 11.8. The summed E-state index contributed by atoms with van der Waals surface area (Å²) >= 11 is 0. The molecule has 0 radical (unpaired) electrons. The number of aliphatic hydroxyl groups is 2. The Bertz CT molecular complexity index is 703. The second-order valence-corrected chi connectivity index (χ2v) is 5.28. The van der Waals surface area contributed by atoms with Crippen molar-refractivity contribution in [2.45, 2.75) is 37.3 Å². The van der Waals surface area contributed by atoms with E-state index in [9.17, 15) is 14.6 Å². The molecule has 0 bridgehead atoms. The quantitative estimate of drug-likeness (QED) is 0.576. The van der Waals surface area contributed by atoms with Gasteiger partial charge in [-0.25, -0.2) is 13.9 Å². The van der Waals surface area contributed by atoms with Crippen molar-refractivity contribution in [3.63, 3.8) is 0 Å². The molecule has 3 heterocycles. The van der Waals surface area contributed by atoms with E-state index in [-0.39, 0.29) is 29.5 Å². The predicted octanol–water partition coefficient (Wildman–Crippen LogP) is -0.800. The van der Waals surface area contributed by atoms with Crippen molar-refractivity contribution in [3.05, 3.63) is 11.9 Å². The summed E-state index contributed by atoms with van der Waals surface area (Å²) in [6.07, 6.45) is -2.77. The first kappa shape index (κ1) is 14.9. The maximum absolute atomic E-state index is 14.5. The summed E-state index contributed by atoms with van der Waals surface area (Å²) in [4.78, 5) is 7.80. The van der Waals surface area contributed by atoms with E-state index in [2.05, 4.69) is 15.1 Å². The molecule has 1 fully saturated rings. The molecule has 10 heteroatoms. The topological polar surface area (TPSA) is 145 Å². The lowest BCUT2D eigenvalue weighted by Crippen LogP contribution is -2.44. The van der Waals surface area contributed by atoms with Gasteiger partial charge in [0.1, 0.15) is 17.8 Å². The third kappa shape index (κ3) is 1.91. The van der Waals surface area contributed by atoms with Crippen molar-refractivity contribution in [2.75, 3.05) is 18.1 Å². The van der Waals surface area contributed by atoms with Crippen LogP contribution in [0.5, 0.6) is 0 Å². The maximum Gasteiger partial charge on any atom is 0.240 e. The predicted molar refractivity (Wildman–Crippen MR) is 74.4 cm³/mol. The van der Waals surface area contributed by atoms with Gasteiger partial charge in [0.2, 0.25) is 5.95 Å². The highest BCUT2D eigenvalue weighted by molar-refractivity contribution is 5.60. The van der Waals surface area contributed by atoms with E-state index in [0.29, 0.717) is 0 Å². The van der Waals surface area contributed by atoms with Crippen LogP contribution in [0.1, 0.15) is 25.1 Å². The molecule has 1 aliphatic rings. The standard InChI is InChI=1S/C12H17FN6O3/c1-2-12(4-20)8(21)6(13)7(22-12)5-3-16-10-9(14)17-11(15)18-19(5)10/h3,6-8,20-21H,2,4H2,1H3,(H4,14,15,17,18)/t6-,7-,8-,12+/m0/s1. The number of hydrogen-bond acceptors (Lipinski definition) is 8. The van der Waals surface area contributed by atoms with Crippen LogP contribution in [0.15, 0.2) is 6.20 Å². The first-order valence-corrected chi connectivity index (χ1v) is 6.81. The van der Waals surface area contributed by atoms with Gasteiger partial charge < -0.3 is 26.4 Å². The lowest BCUT2D eigenvalue weighted by molar-refractivity contribution is -0.115. The van der Waals surface area contributed by atoms with Crippen LogP contribution < -0.4 is 11.5 Å². The Morgan fingerprint density at radius 3 is 2.82 bits per heavy atom. The number of hydrogen-bond donors (Lipinski definition) is 4. The number of nitrogens with two attached hydrogens (primary N) is 2. The molecule has 1 aliphatic heterocycles. The van der Waals surface area contributed by atoms with Crippen molar-refractivity contribution in [1.29, 1.82) is 0 Å². The molecule has 2 aromatic heterocycles. The largest absolute Gasteiger partial charge is 0.393 e. The zero-order chi connectivity index (χ0) is 16.1. The van der Waals surface area contributed by atoms with Gasteiger partial charge >= 0.3 is 0 Å². The van der Waals surface area contributed by atoms with Crippen LogP contribution in [-0.4, -0.2) is 54.3 Å². The van der Waals surface area contributed by atoms with E-state index < -0.39 is 30.6 Å². The maximum atomic E-state index is 14.5. The lowest BCUT2D eigenvalue weighted by Gasteiger charge is -2.28. The molecule has 2 aromatic rings. The van der Waals surface area contributed by atoms with Crippen molar-refractivity contribution >= 4 is 17.4 Å². The lowest BCUT2D eigenvalue weighted by atomic mass is 9.93. The number of nitrogens with zero attached hydrogens (tertiary/aromatic N) is 4. The second-order valence-electron chi connectivity index (χ2n) is 5.28. The summed E-state index contributed by atoms with van der Waals surface area (Å²) in [6.45, 7) is 1.19. The van der Waals surface area contributed by atoms with E-state index in [1.165, 1.54) is 10.7 Å². The summed E-state index contributed by atoms with van der Waals surface area (Å²) in [6, 6.07) is 0. The van der Waals surface area contributed by atoms with Crippen molar-refractivity contribution in [1.82, 2.24) is 19.6 Å². The number of fused-ring (bicyclic) bond motifs is 1. The van der Waals surface area contributed by atoms with Gasteiger partial charge in [-0.05, 0) is 6.42 Å². The smallest absolute Gasteiger partial charge is 0.240 e. The SMILES string of the molecule is CC[C@]1(CO)O[C@@H](c2cnc3c(N)nc(N)nn23)[C@H](F)[C@@H]1O. The van der Waals surface area contributed by atoms with Gasteiger partial charge in [0.25, 0.3) is 0 Å². The van der Waals surface area contributed by atoms with Gasteiger partial charge in [-0.2, -0.15) is 4.98 Å². The molecule has 3 rings (SSSR count). The molecule has 0 spiro atoms. The number of alkyl halides is 1. The molecule has 4 atom stereocenters. The molecule has 0 amide bonds.